The predicted molar refractivity (Wildman–Crippen MR) is 49.3 cm³/mol. The van der Waals surface area contributed by atoms with Gasteiger partial charge in [0.05, 0.1) is 17.4 Å². The van der Waals surface area contributed by atoms with Crippen molar-refractivity contribution in [2.75, 3.05) is 0 Å². The Bertz CT molecular complexity index is 497. The van der Waals surface area contributed by atoms with Crippen LogP contribution in [0.5, 0.6) is 0 Å². The molecule has 0 spiro atoms. The van der Waals surface area contributed by atoms with Gasteiger partial charge in [-0.15, -0.1) is 0 Å². The summed E-state index contributed by atoms with van der Waals surface area (Å²) in [5.74, 6) is -0.382. The zero-order valence-corrected chi connectivity index (χ0v) is 7.46. The highest BCUT2D eigenvalue weighted by atomic mass is 19.1. The number of halogens is 1. The molecule has 72 valence electrons. The first-order valence-corrected chi connectivity index (χ1v) is 4.59. The molecule has 0 aliphatic heterocycles. The maximum atomic E-state index is 13.5. The topological polar surface area (TPSA) is 33.4 Å². The number of rotatable bonds is 1. The van der Waals surface area contributed by atoms with E-state index in [0.29, 0.717) is 24.0 Å². The fraction of sp³-hybridized carbons (Fsp3) is 0.273. The van der Waals surface area contributed by atoms with Gasteiger partial charge in [0.2, 0.25) is 0 Å². The molecule has 0 atom stereocenters. The zero-order chi connectivity index (χ0) is 9.76. The van der Waals surface area contributed by atoms with Crippen LogP contribution in [-0.4, -0.2) is 5.11 Å². The molecule has 0 radical (unpaired) electrons. The van der Waals surface area contributed by atoms with Crippen LogP contribution in [0, 0.1) is 5.82 Å². The third-order valence-electron chi connectivity index (χ3n) is 2.76. The fourth-order valence-electron chi connectivity index (χ4n) is 1.81. The van der Waals surface area contributed by atoms with Crippen molar-refractivity contribution < 1.29 is 13.9 Å². The quantitative estimate of drug-likeness (QED) is 0.753. The van der Waals surface area contributed by atoms with Crippen LogP contribution in [0.25, 0.3) is 11.0 Å². The zero-order valence-electron chi connectivity index (χ0n) is 7.46. The minimum atomic E-state index is -0.985. The Morgan fingerprint density at radius 3 is 2.79 bits per heavy atom. The van der Waals surface area contributed by atoms with E-state index < -0.39 is 5.60 Å². The summed E-state index contributed by atoms with van der Waals surface area (Å²) in [6.45, 7) is 0. The minimum Gasteiger partial charge on any atom is -0.464 e. The van der Waals surface area contributed by atoms with Gasteiger partial charge in [-0.05, 0) is 31.0 Å². The first-order chi connectivity index (χ1) is 6.71. The lowest BCUT2D eigenvalue weighted by Gasteiger charge is -2.09. The molecule has 0 saturated heterocycles. The van der Waals surface area contributed by atoms with Gasteiger partial charge < -0.3 is 9.52 Å². The van der Waals surface area contributed by atoms with Crippen molar-refractivity contribution in [3.8, 4) is 0 Å². The van der Waals surface area contributed by atoms with E-state index in [-0.39, 0.29) is 5.82 Å². The molecule has 1 aliphatic carbocycles. The summed E-state index contributed by atoms with van der Waals surface area (Å²) in [5, 5.41) is 10.7. The Labute approximate surface area is 80.0 Å². The van der Waals surface area contributed by atoms with Crippen molar-refractivity contribution in [3.05, 3.63) is 35.8 Å². The van der Waals surface area contributed by atoms with Crippen molar-refractivity contribution in [1.29, 1.82) is 0 Å². The van der Waals surface area contributed by atoms with Crippen LogP contribution < -0.4 is 0 Å². The molecule has 2 aromatic rings. The number of benzene rings is 1. The lowest BCUT2D eigenvalue weighted by molar-refractivity contribution is 0.147. The third-order valence-corrected chi connectivity index (χ3v) is 2.76. The Morgan fingerprint density at radius 1 is 1.29 bits per heavy atom. The summed E-state index contributed by atoms with van der Waals surface area (Å²) in [4.78, 5) is 0. The van der Waals surface area contributed by atoms with Gasteiger partial charge >= 0.3 is 0 Å². The first-order valence-electron chi connectivity index (χ1n) is 4.59. The standard InChI is InChI=1S/C11H9FO2/c12-8-2-1-7-3-6-14-10(7)9(8)11(13)4-5-11/h1-3,6,13H,4-5H2. The van der Waals surface area contributed by atoms with E-state index in [4.69, 9.17) is 4.42 Å². The second-order valence-electron chi connectivity index (χ2n) is 3.79. The number of hydrogen-bond acceptors (Lipinski definition) is 2. The summed E-state index contributed by atoms with van der Waals surface area (Å²) in [6.07, 6.45) is 2.74. The first kappa shape index (κ1) is 8.00. The minimum absolute atomic E-state index is 0.319. The molecule has 1 N–H and O–H groups in total. The van der Waals surface area contributed by atoms with E-state index in [1.54, 1.807) is 12.1 Å². The molecule has 2 nitrogen and oxygen atoms in total. The summed E-state index contributed by atoms with van der Waals surface area (Å²) < 4.78 is 18.7. The number of fused-ring (bicyclic) bond motifs is 1. The molecule has 1 aliphatic rings. The van der Waals surface area contributed by atoms with E-state index >= 15 is 0 Å². The summed E-state index contributed by atoms with van der Waals surface area (Å²) in [6, 6.07) is 4.80. The van der Waals surface area contributed by atoms with Gasteiger partial charge in [0.1, 0.15) is 11.4 Å². The van der Waals surface area contributed by atoms with Crippen LogP contribution in [-0.2, 0) is 5.60 Å². The Morgan fingerprint density at radius 2 is 2.07 bits per heavy atom. The van der Waals surface area contributed by atoms with Crippen LogP contribution in [0.3, 0.4) is 0 Å². The number of furan rings is 1. The van der Waals surface area contributed by atoms with E-state index in [9.17, 15) is 9.50 Å². The third kappa shape index (κ3) is 0.930. The van der Waals surface area contributed by atoms with Crippen molar-refractivity contribution in [3.63, 3.8) is 0 Å². The van der Waals surface area contributed by atoms with Gasteiger partial charge in [0.15, 0.2) is 0 Å². The van der Waals surface area contributed by atoms with Gasteiger partial charge in [0.25, 0.3) is 0 Å². The molecule has 1 aromatic carbocycles. The van der Waals surface area contributed by atoms with Crippen molar-refractivity contribution in [1.82, 2.24) is 0 Å². The van der Waals surface area contributed by atoms with Crippen LogP contribution in [0.4, 0.5) is 4.39 Å². The Hall–Kier alpha value is -1.35. The molecule has 1 heterocycles. The summed E-state index contributed by atoms with van der Waals surface area (Å²) >= 11 is 0. The maximum absolute atomic E-state index is 13.5. The molecule has 1 aromatic heterocycles. The molecule has 3 rings (SSSR count). The molecule has 0 amide bonds. The van der Waals surface area contributed by atoms with Crippen LogP contribution in [0.2, 0.25) is 0 Å². The fourth-order valence-corrected chi connectivity index (χ4v) is 1.81. The number of hydrogen-bond donors (Lipinski definition) is 1. The van der Waals surface area contributed by atoms with Crippen molar-refractivity contribution in [2.45, 2.75) is 18.4 Å². The lowest BCUT2D eigenvalue weighted by atomic mass is 10.0. The lowest BCUT2D eigenvalue weighted by Crippen LogP contribution is -2.07. The highest BCUT2D eigenvalue weighted by Gasteiger charge is 2.46. The van der Waals surface area contributed by atoms with Gasteiger partial charge in [-0.25, -0.2) is 4.39 Å². The highest BCUT2D eigenvalue weighted by molar-refractivity contribution is 5.81. The van der Waals surface area contributed by atoms with Crippen LogP contribution >= 0.6 is 0 Å². The van der Waals surface area contributed by atoms with Gasteiger partial charge in [0, 0.05) is 5.39 Å². The van der Waals surface area contributed by atoms with Gasteiger partial charge in [-0.1, -0.05) is 0 Å². The molecular formula is C11H9FO2. The van der Waals surface area contributed by atoms with Gasteiger partial charge in [-0.2, -0.15) is 0 Å². The summed E-state index contributed by atoms with van der Waals surface area (Å²) in [7, 11) is 0. The molecule has 1 saturated carbocycles. The van der Waals surface area contributed by atoms with Crippen molar-refractivity contribution >= 4 is 11.0 Å². The molecule has 3 heteroatoms. The average molecular weight is 192 g/mol. The molecule has 1 fully saturated rings. The average Bonchev–Trinajstić information content (AvgIpc) is 2.74. The van der Waals surface area contributed by atoms with E-state index in [0.717, 1.165) is 5.39 Å². The molecule has 0 unspecified atom stereocenters. The van der Waals surface area contributed by atoms with Gasteiger partial charge in [-0.3, -0.25) is 0 Å². The second-order valence-corrected chi connectivity index (χ2v) is 3.79. The van der Waals surface area contributed by atoms with E-state index in [1.165, 1.54) is 12.3 Å². The SMILES string of the molecule is OC1(c2c(F)ccc3ccoc23)CC1. The van der Waals surface area contributed by atoms with Crippen molar-refractivity contribution in [2.24, 2.45) is 0 Å². The monoisotopic (exact) mass is 192 g/mol. The molecule has 0 bridgehead atoms. The largest absolute Gasteiger partial charge is 0.464 e. The normalized spacial score (nSPS) is 18.7. The van der Waals surface area contributed by atoms with E-state index in [1.807, 2.05) is 0 Å². The maximum Gasteiger partial charge on any atom is 0.142 e. The Balaban J connectivity index is 2.38. The highest BCUT2D eigenvalue weighted by Crippen LogP contribution is 2.48. The van der Waals surface area contributed by atoms with Crippen LogP contribution in [0.1, 0.15) is 18.4 Å². The molecule has 14 heavy (non-hydrogen) atoms. The predicted octanol–water partition coefficient (Wildman–Crippen LogP) is 2.55. The Kier molecular flexibility index (Phi) is 1.35. The smallest absolute Gasteiger partial charge is 0.142 e. The summed E-state index contributed by atoms with van der Waals surface area (Å²) in [5.41, 5.74) is -0.188. The van der Waals surface area contributed by atoms with Crippen LogP contribution in [0.15, 0.2) is 28.9 Å². The number of aliphatic hydroxyl groups is 1. The second kappa shape index (κ2) is 2.36. The molecular weight excluding hydrogens is 183 g/mol. The van der Waals surface area contributed by atoms with E-state index in [2.05, 4.69) is 0 Å².